The van der Waals surface area contributed by atoms with Crippen LogP contribution in [0.15, 0.2) is 66.9 Å². The lowest BCUT2D eigenvalue weighted by atomic mass is 10.2. The fourth-order valence-electron chi connectivity index (χ4n) is 1.99. The van der Waals surface area contributed by atoms with Gasteiger partial charge in [0, 0.05) is 16.8 Å². The molecule has 0 aliphatic carbocycles. The van der Waals surface area contributed by atoms with Gasteiger partial charge in [0.05, 0.1) is 12.2 Å². The minimum Gasteiger partial charge on any atom is -0.268 e. The summed E-state index contributed by atoms with van der Waals surface area (Å²) in [5.74, 6) is 0. The molecule has 3 heteroatoms. The molecule has 0 saturated heterocycles. The largest absolute Gasteiger partial charge is 0.268 e. The van der Waals surface area contributed by atoms with Gasteiger partial charge >= 0.3 is 0 Å². The summed E-state index contributed by atoms with van der Waals surface area (Å²) in [6, 6.07) is 20.1. The third-order valence-corrected chi connectivity index (χ3v) is 3.22. The number of halogens is 1. The van der Waals surface area contributed by atoms with Crippen molar-refractivity contribution in [2.75, 3.05) is 0 Å². The summed E-state index contributed by atoms with van der Waals surface area (Å²) in [5, 5.41) is 5.34. The molecule has 0 amide bonds. The van der Waals surface area contributed by atoms with Crippen molar-refractivity contribution in [2.45, 2.75) is 6.54 Å². The summed E-state index contributed by atoms with van der Waals surface area (Å²) in [5.41, 5.74) is 3.32. The SMILES string of the molecule is Clc1ccc(Cn2ccc(-c3ccccc3)n2)cc1. The van der Waals surface area contributed by atoms with E-state index in [4.69, 9.17) is 11.6 Å². The van der Waals surface area contributed by atoms with Crippen molar-refractivity contribution in [2.24, 2.45) is 0 Å². The van der Waals surface area contributed by atoms with Gasteiger partial charge < -0.3 is 0 Å². The van der Waals surface area contributed by atoms with Crippen LogP contribution in [-0.4, -0.2) is 9.78 Å². The van der Waals surface area contributed by atoms with E-state index in [1.165, 1.54) is 5.56 Å². The number of hydrogen-bond acceptors (Lipinski definition) is 1. The number of hydrogen-bond donors (Lipinski definition) is 0. The normalized spacial score (nSPS) is 10.6. The van der Waals surface area contributed by atoms with Crippen LogP contribution in [0.1, 0.15) is 5.56 Å². The lowest BCUT2D eigenvalue weighted by Crippen LogP contribution is -2.00. The highest BCUT2D eigenvalue weighted by molar-refractivity contribution is 6.30. The van der Waals surface area contributed by atoms with Crippen LogP contribution in [-0.2, 0) is 6.54 Å². The van der Waals surface area contributed by atoms with Crippen LogP contribution in [0.5, 0.6) is 0 Å². The Morgan fingerprint density at radius 3 is 2.37 bits per heavy atom. The van der Waals surface area contributed by atoms with E-state index in [9.17, 15) is 0 Å². The summed E-state index contributed by atoms with van der Waals surface area (Å²) in [7, 11) is 0. The molecule has 94 valence electrons. The van der Waals surface area contributed by atoms with E-state index >= 15 is 0 Å². The van der Waals surface area contributed by atoms with Crippen molar-refractivity contribution in [3.05, 3.63) is 77.4 Å². The predicted octanol–water partition coefficient (Wildman–Crippen LogP) is 4.25. The Kier molecular flexibility index (Phi) is 3.34. The van der Waals surface area contributed by atoms with Crippen molar-refractivity contribution >= 4 is 11.6 Å². The quantitative estimate of drug-likeness (QED) is 0.694. The first-order valence-corrected chi connectivity index (χ1v) is 6.52. The summed E-state index contributed by atoms with van der Waals surface area (Å²) in [4.78, 5) is 0. The zero-order valence-corrected chi connectivity index (χ0v) is 11.1. The molecular weight excluding hydrogens is 256 g/mol. The van der Waals surface area contributed by atoms with E-state index in [1.807, 2.05) is 59.4 Å². The predicted molar refractivity (Wildman–Crippen MR) is 78.2 cm³/mol. The topological polar surface area (TPSA) is 17.8 Å². The fourth-order valence-corrected chi connectivity index (χ4v) is 2.12. The van der Waals surface area contributed by atoms with Crippen molar-refractivity contribution in [1.29, 1.82) is 0 Å². The molecule has 1 heterocycles. The van der Waals surface area contributed by atoms with Gasteiger partial charge in [-0.25, -0.2) is 0 Å². The molecular formula is C16H13ClN2. The summed E-state index contributed by atoms with van der Waals surface area (Å²) in [6.45, 7) is 0.754. The maximum atomic E-state index is 5.88. The van der Waals surface area contributed by atoms with Crippen LogP contribution in [0, 0.1) is 0 Å². The molecule has 0 radical (unpaired) electrons. The van der Waals surface area contributed by atoms with Gasteiger partial charge in [-0.15, -0.1) is 0 Å². The van der Waals surface area contributed by atoms with Crippen LogP contribution >= 0.6 is 11.6 Å². The van der Waals surface area contributed by atoms with E-state index in [-0.39, 0.29) is 0 Å². The third-order valence-electron chi connectivity index (χ3n) is 2.97. The van der Waals surface area contributed by atoms with Gasteiger partial charge in [-0.1, -0.05) is 54.1 Å². The molecule has 0 bridgehead atoms. The Labute approximate surface area is 117 Å². The molecule has 3 rings (SSSR count). The highest BCUT2D eigenvalue weighted by Crippen LogP contribution is 2.17. The van der Waals surface area contributed by atoms with E-state index in [2.05, 4.69) is 17.2 Å². The standard InChI is InChI=1S/C16H13ClN2/c17-15-8-6-13(7-9-15)12-19-11-10-16(18-19)14-4-2-1-3-5-14/h1-11H,12H2. The second-order valence-corrected chi connectivity index (χ2v) is 4.83. The van der Waals surface area contributed by atoms with Gasteiger partial charge in [-0.2, -0.15) is 5.10 Å². The van der Waals surface area contributed by atoms with E-state index in [0.717, 1.165) is 22.8 Å². The van der Waals surface area contributed by atoms with Crippen LogP contribution in [0.2, 0.25) is 5.02 Å². The van der Waals surface area contributed by atoms with Crippen molar-refractivity contribution in [3.8, 4) is 11.3 Å². The average Bonchev–Trinajstić information content (AvgIpc) is 2.91. The number of nitrogens with zero attached hydrogens (tertiary/aromatic N) is 2. The van der Waals surface area contributed by atoms with Gasteiger partial charge in [-0.3, -0.25) is 4.68 Å². The Morgan fingerprint density at radius 1 is 0.895 bits per heavy atom. The fraction of sp³-hybridized carbons (Fsp3) is 0.0625. The molecule has 19 heavy (non-hydrogen) atoms. The minimum atomic E-state index is 0.754. The van der Waals surface area contributed by atoms with Gasteiger partial charge in [0.15, 0.2) is 0 Å². The maximum absolute atomic E-state index is 5.88. The van der Waals surface area contributed by atoms with Crippen molar-refractivity contribution in [3.63, 3.8) is 0 Å². The maximum Gasteiger partial charge on any atom is 0.0923 e. The number of aromatic nitrogens is 2. The zero-order valence-electron chi connectivity index (χ0n) is 10.3. The minimum absolute atomic E-state index is 0.754. The first-order valence-electron chi connectivity index (χ1n) is 6.14. The molecule has 2 aromatic carbocycles. The van der Waals surface area contributed by atoms with Crippen molar-refractivity contribution < 1.29 is 0 Å². The first-order chi connectivity index (χ1) is 9.31. The highest BCUT2D eigenvalue weighted by atomic mass is 35.5. The van der Waals surface area contributed by atoms with Gasteiger partial charge in [0.2, 0.25) is 0 Å². The first kappa shape index (κ1) is 12.0. The van der Waals surface area contributed by atoms with Crippen LogP contribution in [0.4, 0.5) is 0 Å². The molecule has 0 fully saturated rings. The Morgan fingerprint density at radius 2 is 1.63 bits per heavy atom. The van der Waals surface area contributed by atoms with Crippen LogP contribution in [0.25, 0.3) is 11.3 Å². The molecule has 1 aromatic heterocycles. The second kappa shape index (κ2) is 5.29. The van der Waals surface area contributed by atoms with E-state index in [0.29, 0.717) is 0 Å². The summed E-state index contributed by atoms with van der Waals surface area (Å²) < 4.78 is 1.94. The third kappa shape index (κ3) is 2.85. The highest BCUT2D eigenvalue weighted by Gasteiger charge is 2.02. The Bertz CT molecular complexity index is 657. The molecule has 0 unspecified atom stereocenters. The van der Waals surface area contributed by atoms with Crippen LogP contribution in [0.3, 0.4) is 0 Å². The molecule has 0 saturated carbocycles. The van der Waals surface area contributed by atoms with E-state index in [1.54, 1.807) is 0 Å². The molecule has 3 aromatic rings. The molecule has 2 nitrogen and oxygen atoms in total. The second-order valence-electron chi connectivity index (χ2n) is 4.39. The number of benzene rings is 2. The van der Waals surface area contributed by atoms with Gasteiger partial charge in [0.1, 0.15) is 0 Å². The monoisotopic (exact) mass is 268 g/mol. The lowest BCUT2D eigenvalue weighted by Gasteiger charge is -2.02. The Hall–Kier alpha value is -2.06. The van der Waals surface area contributed by atoms with Gasteiger partial charge in [0.25, 0.3) is 0 Å². The average molecular weight is 269 g/mol. The lowest BCUT2D eigenvalue weighted by molar-refractivity contribution is 0.689. The van der Waals surface area contributed by atoms with Crippen LogP contribution < -0.4 is 0 Å². The Balaban J connectivity index is 1.80. The molecule has 0 N–H and O–H groups in total. The summed E-state index contributed by atoms with van der Waals surface area (Å²) in [6.07, 6.45) is 2.00. The smallest absolute Gasteiger partial charge is 0.0923 e. The molecule has 0 atom stereocenters. The molecule has 0 spiro atoms. The number of rotatable bonds is 3. The molecule has 0 aliphatic heterocycles. The molecule has 0 aliphatic rings. The summed E-state index contributed by atoms with van der Waals surface area (Å²) >= 11 is 5.88. The van der Waals surface area contributed by atoms with Gasteiger partial charge in [-0.05, 0) is 23.8 Å². The van der Waals surface area contributed by atoms with E-state index < -0.39 is 0 Å². The zero-order chi connectivity index (χ0) is 13.1. The van der Waals surface area contributed by atoms with Crippen molar-refractivity contribution in [1.82, 2.24) is 9.78 Å².